The van der Waals surface area contributed by atoms with Crippen molar-refractivity contribution >= 4 is 5.91 Å². The zero-order valence-corrected chi connectivity index (χ0v) is 11.8. The second-order valence-corrected chi connectivity index (χ2v) is 5.08. The minimum Gasteiger partial charge on any atom is -0.497 e. The van der Waals surface area contributed by atoms with Gasteiger partial charge in [0.1, 0.15) is 5.75 Å². The van der Waals surface area contributed by atoms with Crippen LogP contribution in [0.5, 0.6) is 5.75 Å². The third-order valence-corrected chi connectivity index (χ3v) is 3.26. The Balaban J connectivity index is 2.00. The second kappa shape index (κ2) is 6.06. The quantitative estimate of drug-likeness (QED) is 0.835. The number of ether oxygens (including phenoxy) is 2. The van der Waals surface area contributed by atoms with Crippen LogP contribution >= 0.6 is 0 Å². The molecule has 1 heterocycles. The predicted molar refractivity (Wildman–Crippen MR) is 73.3 cm³/mol. The maximum atomic E-state index is 12.3. The van der Waals surface area contributed by atoms with Crippen LogP contribution in [0.15, 0.2) is 24.3 Å². The highest BCUT2D eigenvalue weighted by molar-refractivity contribution is 5.79. The summed E-state index contributed by atoms with van der Waals surface area (Å²) in [6.07, 6.45) is 0.632. The molecule has 1 aromatic rings. The molecule has 1 aliphatic heterocycles. The van der Waals surface area contributed by atoms with Gasteiger partial charge in [0.05, 0.1) is 25.7 Å². The first kappa shape index (κ1) is 13.9. The van der Waals surface area contributed by atoms with Crippen LogP contribution in [-0.2, 0) is 16.0 Å². The molecule has 104 valence electrons. The Hall–Kier alpha value is -1.55. The van der Waals surface area contributed by atoms with Gasteiger partial charge >= 0.3 is 0 Å². The minimum atomic E-state index is 0.109. The number of carbonyl (C=O) groups excluding carboxylic acids is 1. The molecular formula is C15H21NO3. The first-order valence-corrected chi connectivity index (χ1v) is 6.64. The lowest BCUT2D eigenvalue weighted by molar-refractivity contribution is -0.142. The van der Waals surface area contributed by atoms with Crippen molar-refractivity contribution in [2.45, 2.75) is 32.5 Å². The van der Waals surface area contributed by atoms with Gasteiger partial charge in [-0.1, -0.05) is 12.1 Å². The Morgan fingerprint density at radius 3 is 2.68 bits per heavy atom. The van der Waals surface area contributed by atoms with Gasteiger partial charge in [-0.2, -0.15) is 0 Å². The predicted octanol–water partition coefficient (Wildman–Crippen LogP) is 1.87. The fraction of sp³-hybridized carbons (Fsp3) is 0.533. The molecule has 0 aromatic heterocycles. The number of nitrogens with zero attached hydrogens (tertiary/aromatic N) is 1. The van der Waals surface area contributed by atoms with Crippen LogP contribution in [0, 0.1) is 0 Å². The summed E-state index contributed by atoms with van der Waals surface area (Å²) in [6.45, 7) is 5.35. The van der Waals surface area contributed by atoms with Crippen LogP contribution in [0.25, 0.3) is 0 Å². The zero-order valence-electron chi connectivity index (χ0n) is 11.8. The molecule has 0 radical (unpaired) electrons. The molecule has 1 aliphatic rings. The van der Waals surface area contributed by atoms with Crippen molar-refractivity contribution in [2.24, 2.45) is 0 Å². The normalized spacial score (nSPS) is 23.2. The summed E-state index contributed by atoms with van der Waals surface area (Å²) >= 11 is 0. The van der Waals surface area contributed by atoms with Crippen molar-refractivity contribution < 1.29 is 14.3 Å². The van der Waals surface area contributed by atoms with Crippen LogP contribution in [0.4, 0.5) is 0 Å². The van der Waals surface area contributed by atoms with E-state index in [2.05, 4.69) is 0 Å². The van der Waals surface area contributed by atoms with Gasteiger partial charge in [0.15, 0.2) is 0 Å². The summed E-state index contributed by atoms with van der Waals surface area (Å²) in [5.74, 6) is 0.935. The van der Waals surface area contributed by atoms with E-state index in [0.717, 1.165) is 11.3 Å². The Bertz CT molecular complexity index is 437. The maximum absolute atomic E-state index is 12.3. The second-order valence-electron chi connectivity index (χ2n) is 5.08. The summed E-state index contributed by atoms with van der Waals surface area (Å²) in [5.41, 5.74) is 0.983. The standard InChI is InChI=1S/C15H21NO3/c1-11-9-16(10-12(2)19-11)15(17)8-13-5-4-6-14(7-13)18-3/h4-7,11-12H,8-10H2,1-3H3. The van der Waals surface area contributed by atoms with Crippen molar-refractivity contribution in [3.8, 4) is 5.75 Å². The third kappa shape index (κ3) is 3.70. The zero-order chi connectivity index (χ0) is 13.8. The fourth-order valence-electron chi connectivity index (χ4n) is 2.45. The molecule has 2 rings (SSSR count). The van der Waals surface area contributed by atoms with E-state index < -0.39 is 0 Å². The molecule has 19 heavy (non-hydrogen) atoms. The Labute approximate surface area is 114 Å². The number of amides is 1. The molecule has 1 amide bonds. The molecule has 1 saturated heterocycles. The van der Waals surface area contributed by atoms with Crippen molar-refractivity contribution in [3.05, 3.63) is 29.8 Å². The molecule has 2 atom stereocenters. The number of morpholine rings is 1. The van der Waals surface area contributed by atoms with Crippen LogP contribution < -0.4 is 4.74 Å². The number of hydrogen-bond donors (Lipinski definition) is 0. The number of benzene rings is 1. The average Bonchev–Trinajstić information content (AvgIpc) is 2.37. The molecule has 4 nitrogen and oxygen atoms in total. The average molecular weight is 263 g/mol. The number of carbonyl (C=O) groups is 1. The topological polar surface area (TPSA) is 38.8 Å². The number of hydrogen-bond acceptors (Lipinski definition) is 3. The first-order chi connectivity index (χ1) is 9.08. The van der Waals surface area contributed by atoms with E-state index in [1.54, 1.807) is 7.11 Å². The molecule has 0 N–H and O–H groups in total. The van der Waals surface area contributed by atoms with Crippen molar-refractivity contribution in [1.82, 2.24) is 4.90 Å². The van der Waals surface area contributed by atoms with E-state index in [0.29, 0.717) is 19.5 Å². The van der Waals surface area contributed by atoms with Crippen LogP contribution in [0.3, 0.4) is 0 Å². The van der Waals surface area contributed by atoms with Gasteiger partial charge in [0, 0.05) is 13.1 Å². The Morgan fingerprint density at radius 2 is 2.05 bits per heavy atom. The lowest BCUT2D eigenvalue weighted by atomic mass is 10.1. The summed E-state index contributed by atoms with van der Waals surface area (Å²) in [5, 5.41) is 0. The molecule has 0 spiro atoms. The summed E-state index contributed by atoms with van der Waals surface area (Å²) in [7, 11) is 1.63. The first-order valence-electron chi connectivity index (χ1n) is 6.64. The number of methoxy groups -OCH3 is 1. The van der Waals surface area contributed by atoms with Gasteiger partial charge in [-0.25, -0.2) is 0 Å². The molecule has 4 heteroatoms. The third-order valence-electron chi connectivity index (χ3n) is 3.26. The Kier molecular flexibility index (Phi) is 4.43. The van der Waals surface area contributed by atoms with Crippen molar-refractivity contribution in [2.75, 3.05) is 20.2 Å². The molecule has 1 fully saturated rings. The van der Waals surface area contributed by atoms with Gasteiger partial charge in [-0.3, -0.25) is 4.79 Å². The fourth-order valence-corrected chi connectivity index (χ4v) is 2.45. The number of rotatable bonds is 3. The smallest absolute Gasteiger partial charge is 0.227 e. The van der Waals surface area contributed by atoms with Gasteiger partial charge < -0.3 is 14.4 Å². The lowest BCUT2D eigenvalue weighted by Gasteiger charge is -2.35. The van der Waals surface area contributed by atoms with Crippen molar-refractivity contribution in [3.63, 3.8) is 0 Å². The van der Waals surface area contributed by atoms with Gasteiger partial charge in [0.2, 0.25) is 5.91 Å². The molecular weight excluding hydrogens is 242 g/mol. The maximum Gasteiger partial charge on any atom is 0.227 e. The van der Waals surface area contributed by atoms with Gasteiger partial charge in [0.25, 0.3) is 0 Å². The SMILES string of the molecule is COc1cccc(CC(=O)N2CC(C)OC(C)C2)c1. The highest BCUT2D eigenvalue weighted by Crippen LogP contribution is 2.16. The summed E-state index contributed by atoms with van der Waals surface area (Å²) < 4.78 is 10.8. The highest BCUT2D eigenvalue weighted by Gasteiger charge is 2.25. The molecule has 1 aromatic carbocycles. The largest absolute Gasteiger partial charge is 0.497 e. The summed E-state index contributed by atoms with van der Waals surface area (Å²) in [6, 6.07) is 7.65. The summed E-state index contributed by atoms with van der Waals surface area (Å²) in [4.78, 5) is 14.2. The van der Waals surface area contributed by atoms with Gasteiger partial charge in [-0.15, -0.1) is 0 Å². The molecule has 0 aliphatic carbocycles. The molecule has 0 saturated carbocycles. The van der Waals surface area contributed by atoms with Crippen LogP contribution in [-0.4, -0.2) is 43.2 Å². The van der Waals surface area contributed by atoms with E-state index >= 15 is 0 Å². The van der Waals surface area contributed by atoms with Gasteiger partial charge in [-0.05, 0) is 31.5 Å². The van der Waals surface area contributed by atoms with E-state index in [9.17, 15) is 4.79 Å². The lowest BCUT2D eigenvalue weighted by Crippen LogP contribution is -2.48. The van der Waals surface area contributed by atoms with E-state index in [4.69, 9.17) is 9.47 Å². The van der Waals surface area contributed by atoms with E-state index in [-0.39, 0.29) is 18.1 Å². The minimum absolute atomic E-state index is 0.109. The van der Waals surface area contributed by atoms with Crippen molar-refractivity contribution in [1.29, 1.82) is 0 Å². The monoisotopic (exact) mass is 263 g/mol. The molecule has 2 unspecified atom stereocenters. The van der Waals surface area contributed by atoms with E-state index in [1.807, 2.05) is 43.0 Å². The molecule has 0 bridgehead atoms. The Morgan fingerprint density at radius 1 is 1.37 bits per heavy atom. The van der Waals surface area contributed by atoms with E-state index in [1.165, 1.54) is 0 Å². The van der Waals surface area contributed by atoms with Crippen LogP contribution in [0.1, 0.15) is 19.4 Å². The van der Waals surface area contributed by atoms with Crippen LogP contribution in [0.2, 0.25) is 0 Å². The highest BCUT2D eigenvalue weighted by atomic mass is 16.5.